The second-order valence-electron chi connectivity index (χ2n) is 7.86. The Kier molecular flexibility index (Phi) is 6.42. The van der Waals surface area contributed by atoms with Crippen LogP contribution in [0.3, 0.4) is 0 Å². The lowest BCUT2D eigenvalue weighted by Crippen LogP contribution is -2.27. The quantitative estimate of drug-likeness (QED) is 0.329. The number of rotatable bonds is 6. The second-order valence-corrected chi connectivity index (χ2v) is 9.16. The smallest absolute Gasteiger partial charge is 0.262 e. The molecule has 5 nitrogen and oxygen atoms in total. The Hall–Kier alpha value is -3.38. The maximum atomic E-state index is 13.3. The van der Waals surface area contributed by atoms with Crippen molar-refractivity contribution >= 4 is 34.3 Å². The average Bonchev–Trinajstić information content (AvgIpc) is 2.79. The number of carbonyl (C=O) groups is 1. The lowest BCUT2D eigenvalue weighted by atomic mass is 10.1. The summed E-state index contributed by atoms with van der Waals surface area (Å²) in [5, 5.41) is 3.68. The molecule has 0 aliphatic carbocycles. The number of para-hydroxylation sites is 1. The third kappa shape index (κ3) is 4.75. The molecule has 0 radical (unpaired) electrons. The normalized spacial score (nSPS) is 12.0. The monoisotopic (exact) mass is 443 g/mol. The van der Waals surface area contributed by atoms with Gasteiger partial charge in [-0.05, 0) is 55.7 Å². The number of nitrogens with one attached hydrogen (secondary N) is 1. The zero-order chi connectivity index (χ0) is 22.7. The molecule has 162 valence electrons. The van der Waals surface area contributed by atoms with Crippen molar-refractivity contribution in [2.24, 2.45) is 0 Å². The molecule has 4 rings (SSSR count). The van der Waals surface area contributed by atoms with Crippen LogP contribution in [0.25, 0.3) is 10.9 Å². The van der Waals surface area contributed by atoms with Crippen LogP contribution in [0.4, 0.5) is 5.69 Å². The number of aromatic nitrogens is 2. The van der Waals surface area contributed by atoms with Crippen molar-refractivity contribution in [1.29, 1.82) is 0 Å². The largest absolute Gasteiger partial charge is 0.325 e. The van der Waals surface area contributed by atoms with Gasteiger partial charge in [0, 0.05) is 5.69 Å². The second kappa shape index (κ2) is 9.40. The Labute approximate surface area is 191 Å². The summed E-state index contributed by atoms with van der Waals surface area (Å²) in [5.74, 6) is -0.127. The topological polar surface area (TPSA) is 64.0 Å². The van der Waals surface area contributed by atoms with E-state index in [4.69, 9.17) is 4.98 Å². The van der Waals surface area contributed by atoms with Gasteiger partial charge in [-0.25, -0.2) is 4.98 Å². The summed E-state index contributed by atoms with van der Waals surface area (Å²) in [7, 11) is 0. The highest BCUT2D eigenvalue weighted by Gasteiger charge is 2.20. The summed E-state index contributed by atoms with van der Waals surface area (Å²) in [5.41, 5.74) is 4.41. The molecule has 0 aliphatic heterocycles. The van der Waals surface area contributed by atoms with Crippen LogP contribution in [0, 0.1) is 13.8 Å². The van der Waals surface area contributed by atoms with E-state index in [1.165, 1.54) is 11.8 Å². The molecule has 4 aromatic rings. The fourth-order valence-corrected chi connectivity index (χ4v) is 4.37. The first-order valence-electron chi connectivity index (χ1n) is 10.5. The summed E-state index contributed by atoms with van der Waals surface area (Å²) in [6.07, 6.45) is 0. The van der Waals surface area contributed by atoms with Gasteiger partial charge in [-0.3, -0.25) is 14.2 Å². The van der Waals surface area contributed by atoms with Gasteiger partial charge in [0.15, 0.2) is 5.16 Å². The molecular weight excluding hydrogens is 418 g/mol. The van der Waals surface area contributed by atoms with E-state index >= 15 is 0 Å². The van der Waals surface area contributed by atoms with Gasteiger partial charge in [0.1, 0.15) is 0 Å². The van der Waals surface area contributed by atoms with Gasteiger partial charge in [0.05, 0.1) is 22.7 Å². The van der Waals surface area contributed by atoms with Gasteiger partial charge in [-0.2, -0.15) is 0 Å². The summed E-state index contributed by atoms with van der Waals surface area (Å²) >= 11 is 1.30. The zero-order valence-corrected chi connectivity index (χ0v) is 19.1. The van der Waals surface area contributed by atoms with E-state index in [2.05, 4.69) is 5.32 Å². The van der Waals surface area contributed by atoms with Crippen molar-refractivity contribution in [1.82, 2.24) is 9.55 Å². The fourth-order valence-electron chi connectivity index (χ4n) is 3.46. The third-order valence-electron chi connectivity index (χ3n) is 5.31. The van der Waals surface area contributed by atoms with E-state index in [0.717, 1.165) is 22.4 Å². The highest BCUT2D eigenvalue weighted by Crippen LogP contribution is 2.25. The molecule has 0 bridgehead atoms. The van der Waals surface area contributed by atoms with Gasteiger partial charge in [-0.1, -0.05) is 66.4 Å². The molecular formula is C26H25N3O2S. The lowest BCUT2D eigenvalue weighted by molar-refractivity contribution is -0.115. The van der Waals surface area contributed by atoms with Crippen LogP contribution >= 0.6 is 11.8 Å². The molecule has 1 aromatic heterocycles. The van der Waals surface area contributed by atoms with Gasteiger partial charge in [0.2, 0.25) is 5.91 Å². The number of aryl methyl sites for hydroxylation is 2. The van der Waals surface area contributed by atoms with E-state index in [1.807, 2.05) is 87.5 Å². The summed E-state index contributed by atoms with van der Waals surface area (Å²) in [6.45, 7) is 6.19. The molecule has 1 unspecified atom stereocenters. The Bertz CT molecular complexity index is 1330. The first kappa shape index (κ1) is 21.8. The van der Waals surface area contributed by atoms with Crippen LogP contribution in [-0.2, 0) is 11.3 Å². The Morgan fingerprint density at radius 1 is 1.03 bits per heavy atom. The molecule has 1 heterocycles. The van der Waals surface area contributed by atoms with Crippen molar-refractivity contribution in [2.45, 2.75) is 37.7 Å². The van der Waals surface area contributed by atoms with Crippen LogP contribution < -0.4 is 10.9 Å². The number of nitrogens with zero attached hydrogens (tertiary/aromatic N) is 2. The third-order valence-corrected chi connectivity index (χ3v) is 6.40. The van der Waals surface area contributed by atoms with E-state index in [0.29, 0.717) is 22.6 Å². The van der Waals surface area contributed by atoms with Gasteiger partial charge < -0.3 is 5.32 Å². The maximum Gasteiger partial charge on any atom is 0.262 e. The van der Waals surface area contributed by atoms with Crippen LogP contribution in [-0.4, -0.2) is 20.7 Å². The van der Waals surface area contributed by atoms with Crippen LogP contribution in [0.1, 0.15) is 23.6 Å². The lowest BCUT2D eigenvalue weighted by Gasteiger charge is -2.17. The molecule has 1 N–H and O–H groups in total. The molecule has 3 aromatic carbocycles. The number of fused-ring (bicyclic) bond motifs is 1. The van der Waals surface area contributed by atoms with Crippen molar-refractivity contribution < 1.29 is 4.79 Å². The first-order chi connectivity index (χ1) is 15.4. The minimum atomic E-state index is -0.440. The minimum absolute atomic E-state index is 0.107. The van der Waals surface area contributed by atoms with Crippen molar-refractivity contribution in [3.05, 3.63) is 99.8 Å². The predicted molar refractivity (Wildman–Crippen MR) is 131 cm³/mol. The van der Waals surface area contributed by atoms with Crippen molar-refractivity contribution in [3.8, 4) is 0 Å². The molecule has 1 atom stereocenters. The van der Waals surface area contributed by atoms with E-state index in [-0.39, 0.29) is 11.5 Å². The number of anilines is 1. The summed E-state index contributed by atoms with van der Waals surface area (Å²) in [6, 6.07) is 23.1. The SMILES string of the molecule is Cc1ccc(C)c(NC(=O)C(C)Sc2nc3ccccc3c(=O)n2Cc2ccccc2)c1. The Morgan fingerprint density at radius 3 is 2.53 bits per heavy atom. The zero-order valence-electron chi connectivity index (χ0n) is 18.3. The number of benzene rings is 3. The maximum absolute atomic E-state index is 13.3. The molecule has 1 amide bonds. The minimum Gasteiger partial charge on any atom is -0.325 e. The average molecular weight is 444 g/mol. The fraction of sp³-hybridized carbons (Fsp3) is 0.192. The van der Waals surface area contributed by atoms with E-state index < -0.39 is 5.25 Å². The first-order valence-corrected chi connectivity index (χ1v) is 11.4. The van der Waals surface area contributed by atoms with Crippen molar-refractivity contribution in [2.75, 3.05) is 5.32 Å². The molecule has 0 aliphatic rings. The van der Waals surface area contributed by atoms with Gasteiger partial charge in [0.25, 0.3) is 5.56 Å². The van der Waals surface area contributed by atoms with Gasteiger partial charge >= 0.3 is 0 Å². The number of amides is 1. The Morgan fingerprint density at radius 2 is 1.75 bits per heavy atom. The van der Waals surface area contributed by atoms with Gasteiger partial charge in [-0.15, -0.1) is 0 Å². The number of hydrogen-bond donors (Lipinski definition) is 1. The molecule has 0 fully saturated rings. The number of thioether (sulfide) groups is 1. The molecule has 0 spiro atoms. The standard InChI is InChI=1S/C26H25N3O2S/c1-17-13-14-18(2)23(15-17)27-24(30)19(3)32-26-28-22-12-8-7-11-21(22)25(31)29(26)16-20-9-5-4-6-10-20/h4-15,19H,16H2,1-3H3,(H,27,30). The highest BCUT2D eigenvalue weighted by molar-refractivity contribution is 8.00. The van der Waals surface area contributed by atoms with Crippen LogP contribution in [0.2, 0.25) is 0 Å². The van der Waals surface area contributed by atoms with Crippen molar-refractivity contribution in [3.63, 3.8) is 0 Å². The molecule has 0 saturated carbocycles. The van der Waals surface area contributed by atoms with E-state index in [9.17, 15) is 9.59 Å². The number of carbonyl (C=O) groups excluding carboxylic acids is 1. The number of hydrogen-bond acceptors (Lipinski definition) is 4. The summed E-state index contributed by atoms with van der Waals surface area (Å²) < 4.78 is 1.66. The van der Waals surface area contributed by atoms with Crippen LogP contribution in [0.15, 0.2) is 82.7 Å². The predicted octanol–water partition coefficient (Wildman–Crippen LogP) is 5.18. The molecule has 6 heteroatoms. The summed E-state index contributed by atoms with van der Waals surface area (Å²) in [4.78, 5) is 31.0. The molecule has 32 heavy (non-hydrogen) atoms. The highest BCUT2D eigenvalue weighted by atomic mass is 32.2. The molecule has 0 saturated heterocycles. The van der Waals surface area contributed by atoms with E-state index in [1.54, 1.807) is 10.6 Å². The van der Waals surface area contributed by atoms with Crippen LogP contribution in [0.5, 0.6) is 0 Å². The Balaban J connectivity index is 1.66.